The van der Waals surface area contributed by atoms with Crippen molar-refractivity contribution in [3.05, 3.63) is 28.3 Å². The number of aryl methyl sites for hydroxylation is 1. The van der Waals surface area contributed by atoms with Gasteiger partial charge < -0.3 is 15.5 Å². The molecule has 0 spiro atoms. The molecule has 2 heterocycles. The third-order valence-electron chi connectivity index (χ3n) is 5.69. The Morgan fingerprint density at radius 2 is 2.03 bits per heavy atom. The van der Waals surface area contributed by atoms with Gasteiger partial charge in [0.25, 0.3) is 0 Å². The molecule has 3 N–H and O–H groups in total. The lowest BCUT2D eigenvalue weighted by molar-refractivity contribution is -0.137. The van der Waals surface area contributed by atoms with Gasteiger partial charge in [-0.2, -0.15) is 0 Å². The van der Waals surface area contributed by atoms with Crippen LogP contribution in [0.25, 0.3) is 0 Å². The van der Waals surface area contributed by atoms with E-state index in [4.69, 9.17) is 5.11 Å². The molecule has 2 aliphatic rings. The lowest BCUT2D eigenvalue weighted by atomic mass is 9.82. The number of aliphatic carboxylic acids is 1. The van der Waals surface area contributed by atoms with Crippen molar-refractivity contribution in [3.63, 3.8) is 0 Å². The third-order valence-corrected chi connectivity index (χ3v) is 8.70. The maximum Gasteiger partial charge on any atom is 0.303 e. The highest BCUT2D eigenvalue weighted by atomic mass is 33.1. The molecule has 1 fully saturated rings. The van der Waals surface area contributed by atoms with Gasteiger partial charge in [-0.3, -0.25) is 9.79 Å². The summed E-state index contributed by atoms with van der Waals surface area (Å²) in [6, 6.07) is 2.12. The Labute approximate surface area is 195 Å². The summed E-state index contributed by atoms with van der Waals surface area (Å²) in [7, 11) is 3.92. The molecular weight excluding hydrogens is 428 g/mol. The number of hydrogen-bond donors (Lipinski definition) is 3. The van der Waals surface area contributed by atoms with Crippen molar-refractivity contribution in [1.82, 2.24) is 5.32 Å². The summed E-state index contributed by atoms with van der Waals surface area (Å²) in [5, 5.41) is 22.9. The topological polar surface area (TPSA) is 81.9 Å². The zero-order valence-electron chi connectivity index (χ0n) is 19.6. The highest BCUT2D eigenvalue weighted by Gasteiger charge is 2.23. The van der Waals surface area contributed by atoms with Gasteiger partial charge in [0.05, 0.1) is 6.54 Å². The molecule has 174 valence electrons. The molecule has 0 radical (unpaired) electrons. The summed E-state index contributed by atoms with van der Waals surface area (Å²) in [6.45, 7) is 12.3. The van der Waals surface area contributed by atoms with Crippen LogP contribution < -0.4 is 5.32 Å². The Morgan fingerprint density at radius 3 is 2.58 bits per heavy atom. The van der Waals surface area contributed by atoms with Crippen molar-refractivity contribution in [2.24, 2.45) is 4.99 Å². The summed E-state index contributed by atoms with van der Waals surface area (Å²) in [5.41, 5.74) is 4.39. The number of phenolic OH excluding ortho intramolecular Hbond substituents is 1. The molecule has 1 atom stereocenters. The molecule has 0 aliphatic carbocycles. The van der Waals surface area contributed by atoms with E-state index in [1.54, 1.807) is 0 Å². The number of carbonyl (C=O) groups is 1. The minimum absolute atomic E-state index is 0.0404. The average molecular weight is 467 g/mol. The number of carboxylic acid groups (broad SMARTS) is 1. The Bertz CT molecular complexity index is 782. The van der Waals surface area contributed by atoms with Crippen molar-refractivity contribution < 1.29 is 15.0 Å². The van der Waals surface area contributed by atoms with Crippen molar-refractivity contribution in [2.75, 3.05) is 18.8 Å². The highest BCUT2D eigenvalue weighted by molar-refractivity contribution is 8.77. The first kappa shape index (κ1) is 25.9. The first-order valence-electron chi connectivity index (χ1n) is 11.2. The fraction of sp³-hybridized carbons (Fsp3) is 0.667. The van der Waals surface area contributed by atoms with Gasteiger partial charge in [-0.25, -0.2) is 0 Å². The van der Waals surface area contributed by atoms with E-state index in [1.165, 1.54) is 29.7 Å². The van der Waals surface area contributed by atoms with Crippen LogP contribution in [0.3, 0.4) is 0 Å². The molecule has 5 nitrogen and oxygen atoms in total. The number of carboxylic acids is 1. The molecule has 0 saturated carbocycles. The van der Waals surface area contributed by atoms with Gasteiger partial charge in [-0.15, -0.1) is 0 Å². The number of nitrogens with one attached hydrogen (secondary N) is 1. The van der Waals surface area contributed by atoms with Crippen molar-refractivity contribution >= 4 is 33.4 Å². The number of aliphatic imine (C=N–C) groups is 1. The number of hydrogen-bond acceptors (Lipinski definition) is 6. The summed E-state index contributed by atoms with van der Waals surface area (Å²) in [6.07, 6.45) is 5.55. The van der Waals surface area contributed by atoms with Gasteiger partial charge in [0.1, 0.15) is 11.6 Å². The number of aromatic hydroxyl groups is 1. The molecule has 1 aromatic carbocycles. The summed E-state index contributed by atoms with van der Waals surface area (Å²) in [4.78, 5) is 14.6. The fourth-order valence-electron chi connectivity index (χ4n) is 3.80. The summed E-state index contributed by atoms with van der Waals surface area (Å²) < 4.78 is 0. The molecule has 1 aromatic rings. The number of nitrogens with zero attached hydrogens (tertiary/aromatic N) is 1. The molecule has 3 rings (SSSR count). The van der Waals surface area contributed by atoms with Gasteiger partial charge in [0, 0.05) is 30.4 Å². The molecule has 0 bridgehead atoms. The van der Waals surface area contributed by atoms with Gasteiger partial charge in [-0.1, -0.05) is 54.8 Å². The number of amidine groups is 1. The molecule has 0 aromatic heterocycles. The lowest BCUT2D eigenvalue weighted by Crippen LogP contribution is -2.22. The van der Waals surface area contributed by atoms with Crippen LogP contribution in [0.1, 0.15) is 75.1 Å². The normalized spacial score (nSPS) is 18.2. The SMILES string of the molecule is Cc1cc(C(C)(C)C)c(O)c(C)c1CC1=NCCN1.O=C(O)CCCC[C@@H]1CCSS1. The smallest absolute Gasteiger partial charge is 0.303 e. The number of phenols is 1. The average Bonchev–Trinajstić information content (AvgIpc) is 3.39. The zero-order chi connectivity index (χ0) is 23.0. The van der Waals surface area contributed by atoms with E-state index in [0.29, 0.717) is 12.2 Å². The quantitative estimate of drug-likeness (QED) is 0.357. The lowest BCUT2D eigenvalue weighted by Gasteiger charge is -2.24. The largest absolute Gasteiger partial charge is 0.507 e. The monoisotopic (exact) mass is 466 g/mol. The predicted octanol–water partition coefficient (Wildman–Crippen LogP) is 5.64. The van der Waals surface area contributed by atoms with E-state index in [-0.39, 0.29) is 5.41 Å². The Kier molecular flexibility index (Phi) is 10.1. The van der Waals surface area contributed by atoms with Crippen LogP contribution in [-0.4, -0.2) is 46.1 Å². The van der Waals surface area contributed by atoms with Crippen LogP contribution in [-0.2, 0) is 16.6 Å². The first-order valence-corrected chi connectivity index (χ1v) is 13.6. The van der Waals surface area contributed by atoms with E-state index in [1.807, 2.05) is 28.5 Å². The van der Waals surface area contributed by atoms with Crippen LogP contribution in [0, 0.1) is 13.8 Å². The van der Waals surface area contributed by atoms with Crippen LogP contribution in [0.5, 0.6) is 5.75 Å². The van der Waals surface area contributed by atoms with Crippen LogP contribution in [0.2, 0.25) is 0 Å². The van der Waals surface area contributed by atoms with Crippen molar-refractivity contribution in [2.45, 2.75) is 83.8 Å². The number of benzene rings is 1. The van der Waals surface area contributed by atoms with Crippen LogP contribution in [0.15, 0.2) is 11.1 Å². The molecular formula is C24H38N2O3S2. The number of unbranched alkanes of at least 4 members (excludes halogenated alkanes) is 1. The Balaban J connectivity index is 0.000000245. The minimum Gasteiger partial charge on any atom is -0.507 e. The van der Waals surface area contributed by atoms with E-state index < -0.39 is 5.97 Å². The second-order valence-corrected chi connectivity index (χ2v) is 12.1. The Hall–Kier alpha value is -1.34. The maximum atomic E-state index is 10.5. The standard InChI is InChI=1S/C16H24N2O.C8H14O2S2/c1-10-8-13(16(3,4)5)15(19)11(2)12(10)9-14-17-6-7-18-14;9-8(10)4-2-1-3-7-5-6-11-12-7/h8,19H,6-7,9H2,1-5H3,(H,17,18);7H,1-6H2,(H,9,10)/t;7-/m.1/s1. The fourth-order valence-corrected chi connectivity index (χ4v) is 6.83. The van der Waals surface area contributed by atoms with E-state index in [0.717, 1.165) is 54.6 Å². The number of rotatable bonds is 7. The third kappa shape index (κ3) is 8.26. The van der Waals surface area contributed by atoms with Gasteiger partial charge in [0.2, 0.25) is 0 Å². The van der Waals surface area contributed by atoms with Crippen molar-refractivity contribution in [1.29, 1.82) is 0 Å². The molecule has 31 heavy (non-hydrogen) atoms. The van der Waals surface area contributed by atoms with Crippen LogP contribution >= 0.6 is 21.6 Å². The van der Waals surface area contributed by atoms with Crippen LogP contribution in [0.4, 0.5) is 0 Å². The molecule has 2 aliphatic heterocycles. The van der Waals surface area contributed by atoms with E-state index >= 15 is 0 Å². The van der Waals surface area contributed by atoms with Gasteiger partial charge >= 0.3 is 5.97 Å². The van der Waals surface area contributed by atoms with Gasteiger partial charge in [-0.05, 0) is 60.8 Å². The molecule has 1 saturated heterocycles. The second kappa shape index (κ2) is 12.0. The van der Waals surface area contributed by atoms with Gasteiger partial charge in [0.15, 0.2) is 0 Å². The maximum absolute atomic E-state index is 10.5. The summed E-state index contributed by atoms with van der Waals surface area (Å²) >= 11 is 0. The molecule has 7 heteroatoms. The van der Waals surface area contributed by atoms with E-state index in [2.05, 4.69) is 44.1 Å². The van der Waals surface area contributed by atoms with E-state index in [9.17, 15) is 9.90 Å². The minimum atomic E-state index is -0.663. The molecule has 0 amide bonds. The summed E-state index contributed by atoms with van der Waals surface area (Å²) in [5.74, 6) is 2.08. The second-order valence-electron chi connectivity index (χ2n) is 9.34. The predicted molar refractivity (Wildman–Crippen MR) is 135 cm³/mol. The first-order chi connectivity index (χ1) is 14.6. The molecule has 0 unspecified atom stereocenters. The highest BCUT2D eigenvalue weighted by Crippen LogP contribution is 2.40. The Morgan fingerprint density at radius 1 is 1.29 bits per heavy atom. The zero-order valence-corrected chi connectivity index (χ0v) is 21.2. The van der Waals surface area contributed by atoms with Crippen molar-refractivity contribution in [3.8, 4) is 5.75 Å².